The van der Waals surface area contributed by atoms with Crippen LogP contribution >= 0.6 is 0 Å². The number of hydrogen-bond acceptors (Lipinski definition) is 8. The Kier molecular flexibility index (Phi) is 18.2. The molecule has 12 heteroatoms. The van der Waals surface area contributed by atoms with E-state index >= 15 is 0 Å². The first-order valence-corrected chi connectivity index (χ1v) is 5.37. The predicted molar refractivity (Wildman–Crippen MR) is 34.0 cm³/mol. The Labute approximate surface area is 113 Å². The fourth-order valence-corrected chi connectivity index (χ4v) is 0. The third-order valence-electron chi connectivity index (χ3n) is 0. The summed E-state index contributed by atoms with van der Waals surface area (Å²) < 4.78 is 0. The van der Waals surface area contributed by atoms with Gasteiger partial charge >= 0.3 is 69.5 Å². The van der Waals surface area contributed by atoms with Gasteiger partial charge in [-0.3, -0.25) is 0 Å². The van der Waals surface area contributed by atoms with Crippen molar-refractivity contribution >= 4 is 18.1 Å². The van der Waals surface area contributed by atoms with Gasteiger partial charge in [0.15, 0.2) is 0 Å². The van der Waals surface area contributed by atoms with Gasteiger partial charge in [0.2, 0.25) is 0 Å². The van der Waals surface area contributed by atoms with Gasteiger partial charge in [0, 0.05) is 0 Å². The summed E-state index contributed by atoms with van der Waals surface area (Å²) in [5, 5.41) is 0. The van der Waals surface area contributed by atoms with Crippen LogP contribution in [0.3, 0.4) is 0 Å². The van der Waals surface area contributed by atoms with E-state index < -0.39 is 18.1 Å². The number of hydrogen-bond donors (Lipinski definition) is 8. The van der Waals surface area contributed by atoms with Crippen LogP contribution < -0.4 is 51.4 Å². The van der Waals surface area contributed by atoms with Crippen LogP contribution in [0.15, 0.2) is 0 Å². The fourth-order valence-electron chi connectivity index (χ4n) is 0. The van der Waals surface area contributed by atoms with Crippen molar-refractivity contribution in [2.75, 3.05) is 0 Å². The van der Waals surface area contributed by atoms with Crippen molar-refractivity contribution in [3.63, 3.8) is 0 Å². The molecule has 0 rings (SSSR count). The second kappa shape index (κ2) is 9.27. The van der Waals surface area contributed by atoms with Crippen LogP contribution in [0.4, 0.5) is 0 Å². The van der Waals surface area contributed by atoms with Crippen LogP contribution in [0, 0.1) is 0 Å². The van der Waals surface area contributed by atoms with Gasteiger partial charge in [-0.15, -0.1) is 0 Å². The van der Waals surface area contributed by atoms with Crippen molar-refractivity contribution in [3.05, 3.63) is 0 Å². The van der Waals surface area contributed by atoms with Crippen molar-refractivity contribution < 1.29 is 96.7 Å². The van der Waals surface area contributed by atoms with Crippen molar-refractivity contribution in [1.82, 2.24) is 0 Å². The largest absolute Gasteiger partial charge is 1.00 e. The van der Waals surface area contributed by atoms with Crippen molar-refractivity contribution in [3.8, 4) is 0 Å². The van der Waals surface area contributed by atoms with E-state index in [1.165, 1.54) is 0 Å². The SMILES string of the molecule is O.O[Si](O)(O)O.O[Si](O)(O)O.[H-].[K+]. The zero-order valence-electron chi connectivity index (χ0n) is 7.08. The maximum Gasteiger partial charge on any atom is 1.00 e. The minimum absolute atomic E-state index is 0. The van der Waals surface area contributed by atoms with E-state index in [-0.39, 0.29) is 58.3 Å². The molecule has 0 aromatic carbocycles. The van der Waals surface area contributed by atoms with E-state index in [1.807, 2.05) is 0 Å². The van der Waals surface area contributed by atoms with E-state index in [1.54, 1.807) is 0 Å². The molecule has 0 heterocycles. The second-order valence-corrected chi connectivity index (χ2v) is 3.60. The zero-order valence-corrected chi connectivity index (χ0v) is 11.2. The molecule has 0 saturated carbocycles. The van der Waals surface area contributed by atoms with E-state index in [4.69, 9.17) is 38.4 Å². The molecule has 0 aromatic rings. The maximum atomic E-state index is 7.33. The van der Waals surface area contributed by atoms with Crippen LogP contribution in [-0.2, 0) is 0 Å². The smallest absolute Gasteiger partial charge is 1.00 e. The van der Waals surface area contributed by atoms with Crippen LogP contribution in [0.25, 0.3) is 0 Å². The second-order valence-electron chi connectivity index (χ2n) is 1.20. The molecule has 0 amide bonds. The molecule has 0 aliphatic carbocycles. The molecular formula is H11KO9Si2. The summed E-state index contributed by atoms with van der Waals surface area (Å²) in [4.78, 5) is 58.6. The molecule has 12 heavy (non-hydrogen) atoms. The van der Waals surface area contributed by atoms with E-state index in [9.17, 15) is 0 Å². The minimum atomic E-state index is -4.61. The van der Waals surface area contributed by atoms with Gasteiger partial charge in [-0.2, -0.15) is 0 Å². The van der Waals surface area contributed by atoms with Crippen molar-refractivity contribution in [1.29, 1.82) is 0 Å². The van der Waals surface area contributed by atoms with Gasteiger partial charge in [-0.25, -0.2) is 0 Å². The van der Waals surface area contributed by atoms with Crippen LogP contribution in [0.2, 0.25) is 0 Å². The molecule has 0 aliphatic heterocycles. The molecule has 0 spiro atoms. The summed E-state index contributed by atoms with van der Waals surface area (Å²) in [5.41, 5.74) is 0. The molecule has 0 atom stereocenters. The summed E-state index contributed by atoms with van der Waals surface area (Å²) in [6.45, 7) is 0. The Morgan fingerprint density at radius 1 is 0.583 bits per heavy atom. The van der Waals surface area contributed by atoms with E-state index in [0.29, 0.717) is 0 Å². The molecule has 0 radical (unpaired) electrons. The summed E-state index contributed by atoms with van der Waals surface area (Å²) in [7, 11) is -9.22. The summed E-state index contributed by atoms with van der Waals surface area (Å²) >= 11 is 0. The minimum Gasteiger partial charge on any atom is -1.00 e. The topological polar surface area (TPSA) is 193 Å². The summed E-state index contributed by atoms with van der Waals surface area (Å²) in [6.07, 6.45) is 0. The first-order chi connectivity index (χ1) is 4.00. The first kappa shape index (κ1) is 23.5. The van der Waals surface area contributed by atoms with Crippen molar-refractivity contribution in [2.24, 2.45) is 0 Å². The van der Waals surface area contributed by atoms with Crippen molar-refractivity contribution in [2.45, 2.75) is 0 Å². The Balaban J connectivity index is -0.0000000267. The molecule has 0 aromatic heterocycles. The maximum absolute atomic E-state index is 7.33. The summed E-state index contributed by atoms with van der Waals surface area (Å²) in [5.74, 6) is 0. The monoisotopic (exact) mass is 250 g/mol. The average Bonchev–Trinajstić information content (AvgIpc) is 1.12. The zero-order chi connectivity index (χ0) is 9.00. The Morgan fingerprint density at radius 2 is 0.583 bits per heavy atom. The van der Waals surface area contributed by atoms with Gasteiger partial charge < -0.3 is 45.3 Å². The van der Waals surface area contributed by atoms with Gasteiger partial charge in [0.1, 0.15) is 0 Å². The van der Waals surface area contributed by atoms with Gasteiger partial charge in [0.05, 0.1) is 0 Å². The van der Waals surface area contributed by atoms with Crippen LogP contribution in [0.1, 0.15) is 1.43 Å². The number of rotatable bonds is 0. The predicted octanol–water partition coefficient (Wildman–Crippen LogP) is -8.93. The molecule has 10 N–H and O–H groups in total. The van der Waals surface area contributed by atoms with Gasteiger partial charge in [-0.05, 0) is 0 Å². The summed E-state index contributed by atoms with van der Waals surface area (Å²) in [6, 6.07) is 0. The third-order valence-corrected chi connectivity index (χ3v) is 0. The van der Waals surface area contributed by atoms with E-state index in [2.05, 4.69) is 0 Å². The molecule has 0 bridgehead atoms. The third kappa shape index (κ3) is 459. The molecule has 74 valence electrons. The average molecular weight is 250 g/mol. The Morgan fingerprint density at radius 3 is 0.583 bits per heavy atom. The Bertz CT molecular complexity index is 60.6. The van der Waals surface area contributed by atoms with E-state index in [0.717, 1.165) is 0 Å². The molecule has 0 unspecified atom stereocenters. The molecular weight excluding hydrogens is 239 g/mol. The first-order valence-electron chi connectivity index (χ1n) is 1.79. The van der Waals surface area contributed by atoms with Gasteiger partial charge in [-0.1, -0.05) is 0 Å². The van der Waals surface area contributed by atoms with Crippen LogP contribution in [0.5, 0.6) is 0 Å². The van der Waals surface area contributed by atoms with Gasteiger partial charge in [0.25, 0.3) is 0 Å². The molecule has 9 nitrogen and oxygen atoms in total. The standard InChI is InChI=1S/K.2H4O4Si.H2O.H/c;2*1-5(2,3)4;;/h;2*1-4H;1H2;/q+1;;;;-1. The molecule has 0 aliphatic rings. The Hall–Kier alpha value is 1.71. The molecule has 0 fully saturated rings. The normalized spacial score (nSPS) is 10.0. The quantitative estimate of drug-likeness (QED) is 0.194. The van der Waals surface area contributed by atoms with Crippen LogP contribution in [-0.4, -0.2) is 61.9 Å². The fraction of sp³-hybridized carbons (Fsp3) is 0. The molecule has 0 saturated heterocycles.